The zero-order valence-corrected chi connectivity index (χ0v) is 23.8. The molecule has 1 unspecified atom stereocenters. The summed E-state index contributed by atoms with van der Waals surface area (Å²) in [6.07, 6.45) is 23.4. The molecule has 0 fully saturated rings. The molecule has 0 bridgehead atoms. The first-order chi connectivity index (χ1) is 16.3. The molecule has 0 aromatic carbocycles. The van der Waals surface area contributed by atoms with E-state index in [9.17, 15) is 21.4 Å². The highest BCUT2D eigenvalue weighted by Gasteiger charge is 2.37. The first kappa shape index (κ1) is 33.8. The van der Waals surface area contributed by atoms with Gasteiger partial charge < -0.3 is 0 Å². The third-order valence-corrected chi connectivity index (χ3v) is 10.2. The van der Waals surface area contributed by atoms with E-state index in [1.54, 1.807) is 0 Å². The molecular weight excluding hydrogens is 472 g/mol. The third kappa shape index (κ3) is 20.1. The average molecular weight is 527 g/mol. The van der Waals surface area contributed by atoms with Crippen LogP contribution in [0.3, 0.4) is 0 Å². The average Bonchev–Trinajstić information content (AvgIpc) is 2.77. The molecule has 0 aliphatic heterocycles. The van der Waals surface area contributed by atoms with E-state index in [2.05, 4.69) is 13.8 Å². The molecule has 206 valence electrons. The van der Waals surface area contributed by atoms with Gasteiger partial charge in [0.15, 0.2) is 0 Å². The molecule has 0 spiro atoms. The summed E-state index contributed by atoms with van der Waals surface area (Å²) in [4.78, 5) is 0. The smallest absolute Gasteiger partial charge is 0.284 e. The molecule has 0 heterocycles. The van der Waals surface area contributed by atoms with Crippen LogP contribution in [-0.2, 0) is 24.4 Å². The second kappa shape index (κ2) is 22.1. The van der Waals surface area contributed by atoms with Crippen LogP contribution in [0.5, 0.6) is 0 Å². The molecule has 0 aromatic heterocycles. The normalized spacial score (nSPS) is 13.4. The largest absolute Gasteiger partial charge is 0.287 e. The van der Waals surface area contributed by atoms with Crippen LogP contribution in [0.4, 0.5) is 0 Å². The van der Waals surface area contributed by atoms with E-state index in [4.69, 9.17) is 4.18 Å². The van der Waals surface area contributed by atoms with Crippen LogP contribution in [0.2, 0.25) is 0 Å². The Kier molecular flexibility index (Phi) is 21.9. The third-order valence-electron chi connectivity index (χ3n) is 6.44. The highest BCUT2D eigenvalue weighted by molar-refractivity contribution is 8.04. The van der Waals surface area contributed by atoms with Gasteiger partial charge in [0.1, 0.15) is 0 Å². The Morgan fingerprint density at radius 2 is 0.853 bits per heavy atom. The molecular formula is C26H54O6S2. The lowest BCUT2D eigenvalue weighted by molar-refractivity contribution is 0.302. The van der Waals surface area contributed by atoms with Gasteiger partial charge in [-0.05, 0) is 12.8 Å². The van der Waals surface area contributed by atoms with Crippen LogP contribution in [0.25, 0.3) is 0 Å². The quantitative estimate of drug-likeness (QED) is 0.0693. The fraction of sp³-hybridized carbons (Fsp3) is 1.00. The lowest BCUT2D eigenvalue weighted by Gasteiger charge is -2.14. The lowest BCUT2D eigenvalue weighted by Crippen LogP contribution is -2.31. The van der Waals surface area contributed by atoms with Gasteiger partial charge in [0.05, 0.1) is 6.61 Å². The van der Waals surface area contributed by atoms with Gasteiger partial charge in [0.2, 0.25) is 4.58 Å². The predicted octanol–water partition coefficient (Wildman–Crippen LogP) is 8.17. The van der Waals surface area contributed by atoms with Crippen LogP contribution < -0.4 is 0 Å². The van der Waals surface area contributed by atoms with Gasteiger partial charge in [0, 0.05) is 0 Å². The Morgan fingerprint density at radius 3 is 1.21 bits per heavy atom. The molecule has 0 aliphatic carbocycles. The zero-order valence-electron chi connectivity index (χ0n) is 22.1. The molecule has 8 heteroatoms. The second-order valence-electron chi connectivity index (χ2n) is 9.77. The first-order valence-electron chi connectivity index (χ1n) is 14.1. The number of hydrogen-bond acceptors (Lipinski definition) is 5. The maximum atomic E-state index is 12.3. The SMILES string of the molecule is CCCCCCCCCCCCCCCCCC(S(=O)(=O)O)S(=O)(=O)OCCCCCCCC. The number of rotatable bonds is 26. The molecule has 34 heavy (non-hydrogen) atoms. The Morgan fingerprint density at radius 1 is 0.529 bits per heavy atom. The van der Waals surface area contributed by atoms with Crippen molar-refractivity contribution in [1.82, 2.24) is 0 Å². The predicted molar refractivity (Wildman–Crippen MR) is 143 cm³/mol. The summed E-state index contributed by atoms with van der Waals surface area (Å²) in [5.41, 5.74) is 0. The van der Waals surface area contributed by atoms with Crippen molar-refractivity contribution in [2.45, 2.75) is 160 Å². The van der Waals surface area contributed by atoms with Crippen LogP contribution in [-0.4, -0.2) is 32.6 Å². The maximum absolute atomic E-state index is 12.3. The fourth-order valence-corrected chi connectivity index (χ4v) is 7.04. The summed E-state index contributed by atoms with van der Waals surface area (Å²) >= 11 is 0. The Bertz CT molecular complexity index is 646. The van der Waals surface area contributed by atoms with Crippen molar-refractivity contribution in [3.8, 4) is 0 Å². The summed E-state index contributed by atoms with van der Waals surface area (Å²) in [6.45, 7) is 4.34. The molecule has 0 aromatic rings. The molecule has 0 amide bonds. The van der Waals surface area contributed by atoms with Gasteiger partial charge in [-0.15, -0.1) is 0 Å². The lowest BCUT2D eigenvalue weighted by atomic mass is 10.0. The van der Waals surface area contributed by atoms with E-state index in [1.165, 1.54) is 64.2 Å². The van der Waals surface area contributed by atoms with Gasteiger partial charge in [-0.2, -0.15) is 16.8 Å². The van der Waals surface area contributed by atoms with Crippen molar-refractivity contribution >= 4 is 20.2 Å². The molecule has 1 atom stereocenters. The minimum atomic E-state index is -4.71. The topological polar surface area (TPSA) is 97.7 Å². The summed E-state index contributed by atoms with van der Waals surface area (Å²) in [5, 5.41) is 0. The van der Waals surface area contributed by atoms with Crippen molar-refractivity contribution in [3.63, 3.8) is 0 Å². The highest BCUT2D eigenvalue weighted by atomic mass is 32.3. The molecule has 0 aliphatic rings. The highest BCUT2D eigenvalue weighted by Crippen LogP contribution is 2.20. The molecule has 0 rings (SSSR count). The molecule has 0 saturated carbocycles. The van der Waals surface area contributed by atoms with Crippen LogP contribution in [0.1, 0.15) is 155 Å². The number of hydrogen-bond donors (Lipinski definition) is 1. The maximum Gasteiger partial charge on any atom is 0.287 e. The summed E-state index contributed by atoms with van der Waals surface area (Å²) in [7, 11) is -9.04. The van der Waals surface area contributed by atoms with E-state index in [-0.39, 0.29) is 13.0 Å². The van der Waals surface area contributed by atoms with E-state index < -0.39 is 24.8 Å². The molecule has 1 N–H and O–H groups in total. The van der Waals surface area contributed by atoms with E-state index in [1.807, 2.05) is 0 Å². The van der Waals surface area contributed by atoms with Crippen molar-refractivity contribution in [2.24, 2.45) is 0 Å². The van der Waals surface area contributed by atoms with Crippen LogP contribution in [0.15, 0.2) is 0 Å². The van der Waals surface area contributed by atoms with Gasteiger partial charge in [-0.1, -0.05) is 142 Å². The van der Waals surface area contributed by atoms with Crippen molar-refractivity contribution < 1.29 is 25.6 Å². The van der Waals surface area contributed by atoms with E-state index in [0.717, 1.165) is 57.8 Å². The summed E-state index contributed by atoms with van der Waals surface area (Å²) in [6, 6.07) is 0. The minimum Gasteiger partial charge on any atom is -0.284 e. The fourth-order valence-electron chi connectivity index (χ4n) is 4.26. The van der Waals surface area contributed by atoms with Crippen LogP contribution in [0, 0.1) is 0 Å². The van der Waals surface area contributed by atoms with E-state index in [0.29, 0.717) is 12.8 Å². The zero-order chi connectivity index (χ0) is 25.5. The van der Waals surface area contributed by atoms with Crippen LogP contribution >= 0.6 is 0 Å². The molecule has 0 radical (unpaired) electrons. The van der Waals surface area contributed by atoms with Gasteiger partial charge in [0.25, 0.3) is 20.2 Å². The minimum absolute atomic E-state index is 0.0284. The first-order valence-corrected chi connectivity index (χ1v) is 17.1. The van der Waals surface area contributed by atoms with Gasteiger partial charge in [-0.25, -0.2) is 0 Å². The van der Waals surface area contributed by atoms with Crippen molar-refractivity contribution in [1.29, 1.82) is 0 Å². The van der Waals surface area contributed by atoms with Gasteiger partial charge in [-0.3, -0.25) is 8.74 Å². The van der Waals surface area contributed by atoms with E-state index >= 15 is 0 Å². The summed E-state index contributed by atoms with van der Waals surface area (Å²) < 4.78 is 60.5. The van der Waals surface area contributed by atoms with Crippen molar-refractivity contribution in [3.05, 3.63) is 0 Å². The van der Waals surface area contributed by atoms with Gasteiger partial charge >= 0.3 is 0 Å². The molecule has 6 nitrogen and oxygen atoms in total. The standard InChI is InChI=1S/C26H54O6S2/c1-3-5-7-9-11-12-13-14-15-16-17-18-19-20-22-24-26(33(27,28)29)34(30,31)32-25-23-21-10-8-6-4-2/h26H,3-25H2,1-2H3,(H,27,28,29). The second-order valence-corrected chi connectivity index (χ2v) is 13.5. The van der Waals surface area contributed by atoms with Crippen molar-refractivity contribution in [2.75, 3.05) is 6.61 Å². The summed E-state index contributed by atoms with van der Waals surface area (Å²) in [5.74, 6) is 0. The Labute approximate surface area is 211 Å². The Balaban J connectivity index is 3.89. The number of unbranched alkanes of at least 4 members (excludes halogenated alkanes) is 19. The Hall–Kier alpha value is -0.180. The molecule has 0 saturated heterocycles. The monoisotopic (exact) mass is 526 g/mol.